The lowest BCUT2D eigenvalue weighted by Gasteiger charge is -2.27. The minimum absolute atomic E-state index is 0.0743. The molecule has 1 rings (SSSR count). The molecule has 1 heterocycles. The van der Waals surface area contributed by atoms with E-state index < -0.39 is 0 Å². The number of unbranched alkanes of at least 4 members (excludes halogenated alkanes) is 2. The van der Waals surface area contributed by atoms with Crippen LogP contribution < -0.4 is 0 Å². The Hall–Kier alpha value is -1.41. The number of likely N-dealkylation sites (N-methyl/N-ethyl adjacent to an activating group) is 1. The van der Waals surface area contributed by atoms with Crippen LogP contribution in [0.25, 0.3) is 0 Å². The molecule has 0 N–H and O–H groups in total. The number of thiocarbonyl (C=S) groups is 1. The summed E-state index contributed by atoms with van der Waals surface area (Å²) in [7, 11) is 5.15. The molecule has 0 aromatic rings. The van der Waals surface area contributed by atoms with Gasteiger partial charge in [-0.3, -0.25) is 9.69 Å². The van der Waals surface area contributed by atoms with Crippen LogP contribution in [0, 0.1) is 0 Å². The molecule has 0 unspecified atom stereocenters. The molecular formula is C18H32N2O5S. The number of esters is 1. The molecule has 2 atom stereocenters. The Balaban J connectivity index is 2.50. The predicted molar refractivity (Wildman–Crippen MR) is 103 cm³/mol. The van der Waals surface area contributed by atoms with Gasteiger partial charge < -0.3 is 19.1 Å². The van der Waals surface area contributed by atoms with Gasteiger partial charge in [-0.2, -0.15) is 0 Å². The number of hydrogen-bond acceptors (Lipinski definition) is 6. The highest BCUT2D eigenvalue weighted by Crippen LogP contribution is 2.24. The highest BCUT2D eigenvalue weighted by atomic mass is 32.1. The van der Waals surface area contributed by atoms with Gasteiger partial charge in [0.05, 0.1) is 32.4 Å². The Bertz CT molecular complexity index is 472. The molecule has 0 aromatic carbocycles. The van der Waals surface area contributed by atoms with Gasteiger partial charge in [0, 0.05) is 33.5 Å². The molecule has 1 fully saturated rings. The monoisotopic (exact) mass is 388 g/mol. The third-order valence-electron chi connectivity index (χ3n) is 4.30. The second-order valence-corrected chi connectivity index (χ2v) is 7.05. The second-order valence-electron chi connectivity index (χ2n) is 6.63. The molecule has 1 aliphatic heterocycles. The van der Waals surface area contributed by atoms with Crippen LogP contribution in [0.15, 0.2) is 0 Å². The van der Waals surface area contributed by atoms with E-state index in [2.05, 4.69) is 11.7 Å². The highest BCUT2D eigenvalue weighted by molar-refractivity contribution is 7.80. The Kier molecular flexibility index (Phi) is 10.5. The van der Waals surface area contributed by atoms with Gasteiger partial charge in [0.2, 0.25) is 0 Å². The molecule has 0 aliphatic carbocycles. The number of amides is 1. The summed E-state index contributed by atoms with van der Waals surface area (Å²) in [6.45, 7) is 3.49. The standard InChI is InChI=1S/C18H32N2O5S/c1-5-6-10-25-18(22)20-13-14(12-15(20)17(26)19(2)3)24-11-8-7-9-16(21)23-4/h14-15H,5-13H2,1-4H3/t14-,15+/m1/s1. The number of hydrogen-bond donors (Lipinski definition) is 0. The van der Waals surface area contributed by atoms with Crippen LogP contribution in [0.3, 0.4) is 0 Å². The first-order valence-electron chi connectivity index (χ1n) is 9.23. The molecule has 0 spiro atoms. The molecule has 26 heavy (non-hydrogen) atoms. The van der Waals surface area contributed by atoms with Gasteiger partial charge in [0.15, 0.2) is 0 Å². The zero-order valence-corrected chi connectivity index (χ0v) is 17.2. The van der Waals surface area contributed by atoms with Crippen molar-refractivity contribution in [2.75, 3.05) is 41.0 Å². The van der Waals surface area contributed by atoms with Gasteiger partial charge in [0.1, 0.15) is 4.99 Å². The normalized spacial score (nSPS) is 19.3. The summed E-state index contributed by atoms with van der Waals surface area (Å²) in [6.07, 6.45) is 3.98. The van der Waals surface area contributed by atoms with Crippen LogP contribution in [-0.4, -0.2) is 80.0 Å². The van der Waals surface area contributed by atoms with E-state index in [0.717, 1.165) is 25.7 Å². The minimum Gasteiger partial charge on any atom is -0.469 e. The maximum atomic E-state index is 12.4. The molecule has 0 aromatic heterocycles. The zero-order valence-electron chi connectivity index (χ0n) is 16.4. The van der Waals surface area contributed by atoms with Crippen LogP contribution in [0.1, 0.15) is 45.4 Å². The molecule has 0 bridgehead atoms. The van der Waals surface area contributed by atoms with Gasteiger partial charge in [-0.25, -0.2) is 4.79 Å². The molecule has 0 radical (unpaired) electrons. The van der Waals surface area contributed by atoms with Gasteiger partial charge in [-0.15, -0.1) is 0 Å². The topological polar surface area (TPSA) is 68.3 Å². The average molecular weight is 389 g/mol. The molecule has 150 valence electrons. The summed E-state index contributed by atoms with van der Waals surface area (Å²) in [6, 6.07) is -0.186. The van der Waals surface area contributed by atoms with Crippen molar-refractivity contribution in [2.45, 2.75) is 57.6 Å². The minimum atomic E-state index is -0.329. The number of nitrogens with zero attached hydrogens (tertiary/aromatic N) is 2. The van der Waals surface area contributed by atoms with Crippen LogP contribution in [0.2, 0.25) is 0 Å². The maximum absolute atomic E-state index is 12.4. The predicted octanol–water partition coefficient (Wildman–Crippen LogP) is 2.61. The fourth-order valence-corrected chi connectivity index (χ4v) is 2.99. The number of ether oxygens (including phenoxy) is 3. The van der Waals surface area contributed by atoms with Gasteiger partial charge in [-0.05, 0) is 19.3 Å². The van der Waals surface area contributed by atoms with E-state index in [0.29, 0.717) is 37.6 Å². The summed E-state index contributed by atoms with van der Waals surface area (Å²) in [4.78, 5) is 27.7. The Morgan fingerprint density at radius 2 is 1.92 bits per heavy atom. The summed E-state index contributed by atoms with van der Waals surface area (Å²) in [5.74, 6) is -0.205. The quantitative estimate of drug-likeness (QED) is 0.324. The van der Waals surface area contributed by atoms with Crippen molar-refractivity contribution in [2.24, 2.45) is 0 Å². The van der Waals surface area contributed by atoms with E-state index in [9.17, 15) is 9.59 Å². The van der Waals surface area contributed by atoms with Crippen LogP contribution in [-0.2, 0) is 19.0 Å². The number of carbonyl (C=O) groups excluding carboxylic acids is 2. The van der Waals surface area contributed by atoms with E-state index in [4.69, 9.17) is 21.7 Å². The lowest BCUT2D eigenvalue weighted by molar-refractivity contribution is -0.140. The van der Waals surface area contributed by atoms with Gasteiger partial charge >= 0.3 is 12.1 Å². The smallest absolute Gasteiger partial charge is 0.410 e. The first-order chi connectivity index (χ1) is 12.4. The summed E-state index contributed by atoms with van der Waals surface area (Å²) < 4.78 is 15.9. The molecule has 1 aliphatic rings. The Morgan fingerprint density at radius 3 is 2.54 bits per heavy atom. The fraction of sp³-hybridized carbons (Fsp3) is 0.833. The SMILES string of the molecule is CCCCOC(=O)N1C[C@H](OCCCCC(=O)OC)C[C@H]1C(=S)N(C)C. The zero-order chi connectivity index (χ0) is 19.5. The number of carbonyl (C=O) groups is 2. The molecule has 0 saturated carbocycles. The summed E-state index contributed by atoms with van der Waals surface area (Å²) in [5.41, 5.74) is 0. The lowest BCUT2D eigenvalue weighted by atomic mass is 10.2. The Morgan fingerprint density at radius 1 is 1.19 bits per heavy atom. The number of rotatable bonds is 10. The highest BCUT2D eigenvalue weighted by Gasteiger charge is 2.39. The van der Waals surface area contributed by atoms with Crippen LogP contribution in [0.4, 0.5) is 4.79 Å². The number of methoxy groups -OCH3 is 1. The van der Waals surface area contributed by atoms with Crippen LogP contribution >= 0.6 is 12.2 Å². The first kappa shape index (κ1) is 22.6. The first-order valence-corrected chi connectivity index (χ1v) is 9.64. The third-order valence-corrected chi connectivity index (χ3v) is 4.94. The van der Waals surface area contributed by atoms with Crippen molar-refractivity contribution in [1.82, 2.24) is 9.80 Å². The van der Waals surface area contributed by atoms with Gasteiger partial charge in [0.25, 0.3) is 0 Å². The number of likely N-dealkylation sites (tertiary alicyclic amines) is 1. The van der Waals surface area contributed by atoms with Crippen molar-refractivity contribution in [3.63, 3.8) is 0 Å². The van der Waals surface area contributed by atoms with Gasteiger partial charge in [-0.1, -0.05) is 25.6 Å². The van der Waals surface area contributed by atoms with Crippen molar-refractivity contribution in [3.8, 4) is 0 Å². The molecule has 1 saturated heterocycles. The summed E-state index contributed by atoms with van der Waals surface area (Å²) in [5, 5.41) is 0. The Labute approximate surface area is 161 Å². The second kappa shape index (κ2) is 12.1. The van der Waals surface area contributed by atoms with E-state index in [-0.39, 0.29) is 24.2 Å². The molecule has 1 amide bonds. The largest absolute Gasteiger partial charge is 0.469 e. The van der Waals surface area contributed by atoms with Crippen molar-refractivity contribution in [3.05, 3.63) is 0 Å². The fourth-order valence-electron chi connectivity index (χ4n) is 2.76. The lowest BCUT2D eigenvalue weighted by Crippen LogP contribution is -2.44. The molecule has 8 heteroatoms. The van der Waals surface area contributed by atoms with E-state index in [1.165, 1.54) is 7.11 Å². The van der Waals surface area contributed by atoms with Crippen LogP contribution in [0.5, 0.6) is 0 Å². The maximum Gasteiger partial charge on any atom is 0.410 e. The van der Waals surface area contributed by atoms with E-state index in [1.54, 1.807) is 4.90 Å². The van der Waals surface area contributed by atoms with Crippen molar-refractivity contribution >= 4 is 29.3 Å². The van der Waals surface area contributed by atoms with E-state index >= 15 is 0 Å². The molecule has 7 nitrogen and oxygen atoms in total. The van der Waals surface area contributed by atoms with E-state index in [1.807, 2.05) is 19.0 Å². The molecular weight excluding hydrogens is 356 g/mol. The van der Waals surface area contributed by atoms with Crippen molar-refractivity contribution in [1.29, 1.82) is 0 Å². The van der Waals surface area contributed by atoms with Crippen molar-refractivity contribution < 1.29 is 23.8 Å². The average Bonchev–Trinajstić information content (AvgIpc) is 3.04. The summed E-state index contributed by atoms with van der Waals surface area (Å²) >= 11 is 5.49. The third kappa shape index (κ3) is 7.45.